The molecule has 2 fully saturated rings. The fourth-order valence-electron chi connectivity index (χ4n) is 3.24. The Morgan fingerprint density at radius 1 is 1.22 bits per heavy atom. The Kier molecular flexibility index (Phi) is 5.02. The number of aryl methyl sites for hydroxylation is 2. The summed E-state index contributed by atoms with van der Waals surface area (Å²) in [6, 6.07) is 7.14. The maximum absolute atomic E-state index is 12.2. The van der Waals surface area contributed by atoms with Crippen molar-refractivity contribution >= 4 is 5.91 Å². The number of benzene rings is 1. The summed E-state index contributed by atoms with van der Waals surface area (Å²) in [4.78, 5) is 17.0. The summed E-state index contributed by atoms with van der Waals surface area (Å²) in [6.45, 7) is 11.4. The van der Waals surface area contributed by atoms with Crippen molar-refractivity contribution in [3.63, 3.8) is 0 Å². The first kappa shape index (κ1) is 16.5. The second-order valence-electron chi connectivity index (χ2n) is 7.20. The van der Waals surface area contributed by atoms with Crippen molar-refractivity contribution in [2.24, 2.45) is 0 Å². The third kappa shape index (κ3) is 4.33. The van der Waals surface area contributed by atoms with E-state index in [-0.39, 0.29) is 11.9 Å². The van der Waals surface area contributed by atoms with E-state index in [2.05, 4.69) is 47.2 Å². The van der Waals surface area contributed by atoms with Gasteiger partial charge in [0, 0.05) is 38.8 Å². The molecular formula is C19H29N3O. The molecule has 0 spiro atoms. The van der Waals surface area contributed by atoms with Gasteiger partial charge in [0.2, 0.25) is 5.91 Å². The molecule has 0 radical (unpaired) electrons. The first-order valence-corrected chi connectivity index (χ1v) is 8.86. The number of hydrogen-bond acceptors (Lipinski definition) is 3. The highest BCUT2D eigenvalue weighted by molar-refractivity contribution is 5.81. The molecule has 1 amide bonds. The molecule has 4 heteroatoms. The van der Waals surface area contributed by atoms with E-state index >= 15 is 0 Å². The lowest BCUT2D eigenvalue weighted by Crippen LogP contribution is -2.53. The van der Waals surface area contributed by atoms with Crippen LogP contribution >= 0.6 is 0 Å². The molecule has 1 saturated carbocycles. The van der Waals surface area contributed by atoms with E-state index in [0.29, 0.717) is 6.04 Å². The molecule has 2 aliphatic rings. The molecule has 1 aromatic rings. The molecule has 1 aromatic carbocycles. The van der Waals surface area contributed by atoms with Crippen LogP contribution in [-0.2, 0) is 11.3 Å². The van der Waals surface area contributed by atoms with Gasteiger partial charge in [-0.15, -0.1) is 0 Å². The van der Waals surface area contributed by atoms with Crippen molar-refractivity contribution in [1.82, 2.24) is 15.1 Å². The number of amides is 1. The van der Waals surface area contributed by atoms with Crippen LogP contribution < -0.4 is 5.32 Å². The summed E-state index contributed by atoms with van der Waals surface area (Å²) in [5.74, 6) is 0.204. The number of carbonyl (C=O) groups is 1. The van der Waals surface area contributed by atoms with Gasteiger partial charge in [0.05, 0.1) is 6.04 Å². The maximum Gasteiger partial charge on any atom is 0.237 e. The molecular weight excluding hydrogens is 286 g/mol. The highest BCUT2D eigenvalue weighted by Gasteiger charge is 2.29. The van der Waals surface area contributed by atoms with E-state index in [4.69, 9.17) is 0 Å². The first-order chi connectivity index (χ1) is 11.0. The van der Waals surface area contributed by atoms with Crippen LogP contribution in [0.2, 0.25) is 0 Å². The van der Waals surface area contributed by atoms with Gasteiger partial charge in [-0.2, -0.15) is 0 Å². The van der Waals surface area contributed by atoms with Crippen molar-refractivity contribution < 1.29 is 4.79 Å². The zero-order valence-corrected chi connectivity index (χ0v) is 14.6. The molecule has 1 saturated heterocycles. The largest absolute Gasteiger partial charge is 0.352 e. The minimum Gasteiger partial charge on any atom is -0.352 e. The molecule has 1 unspecified atom stereocenters. The molecule has 1 heterocycles. The summed E-state index contributed by atoms with van der Waals surface area (Å²) in [6.07, 6.45) is 2.31. The number of hydrogen-bond donors (Lipinski definition) is 1. The topological polar surface area (TPSA) is 35.6 Å². The second-order valence-corrected chi connectivity index (χ2v) is 7.20. The van der Waals surface area contributed by atoms with Gasteiger partial charge in [-0.1, -0.05) is 23.8 Å². The van der Waals surface area contributed by atoms with Crippen LogP contribution in [0.3, 0.4) is 0 Å². The molecule has 0 bridgehead atoms. The molecule has 4 nitrogen and oxygen atoms in total. The predicted molar refractivity (Wildman–Crippen MR) is 93.4 cm³/mol. The SMILES string of the molecule is Cc1ccc(C)c(CN2CCN(C(C)C(=O)NC3CC3)CC2)c1. The van der Waals surface area contributed by atoms with E-state index in [1.54, 1.807) is 0 Å². The Balaban J connectivity index is 1.49. The average Bonchev–Trinajstić information content (AvgIpc) is 3.35. The van der Waals surface area contributed by atoms with E-state index in [9.17, 15) is 4.79 Å². The smallest absolute Gasteiger partial charge is 0.237 e. The number of piperazine rings is 1. The van der Waals surface area contributed by atoms with Crippen LogP contribution in [0.1, 0.15) is 36.5 Å². The van der Waals surface area contributed by atoms with Gasteiger partial charge in [-0.05, 0) is 44.7 Å². The standard InChI is InChI=1S/C19H29N3O/c1-14-4-5-15(2)17(12-14)13-21-8-10-22(11-9-21)16(3)19(23)20-18-6-7-18/h4-5,12,16,18H,6-11,13H2,1-3H3,(H,20,23). The third-order valence-electron chi connectivity index (χ3n) is 5.16. The predicted octanol–water partition coefficient (Wildman–Crippen LogP) is 2.09. The summed E-state index contributed by atoms with van der Waals surface area (Å²) in [5, 5.41) is 3.12. The van der Waals surface area contributed by atoms with Gasteiger partial charge in [0.25, 0.3) is 0 Å². The Hall–Kier alpha value is -1.39. The lowest BCUT2D eigenvalue weighted by Gasteiger charge is -2.37. The Morgan fingerprint density at radius 3 is 2.57 bits per heavy atom. The lowest BCUT2D eigenvalue weighted by atomic mass is 10.0. The van der Waals surface area contributed by atoms with Crippen LogP contribution in [0.15, 0.2) is 18.2 Å². The molecule has 1 atom stereocenters. The highest BCUT2D eigenvalue weighted by atomic mass is 16.2. The molecule has 126 valence electrons. The quantitative estimate of drug-likeness (QED) is 0.904. The molecule has 1 aliphatic heterocycles. The van der Waals surface area contributed by atoms with Gasteiger partial charge in [0.1, 0.15) is 0 Å². The van der Waals surface area contributed by atoms with E-state index in [0.717, 1.165) is 45.6 Å². The highest BCUT2D eigenvalue weighted by Crippen LogP contribution is 2.20. The van der Waals surface area contributed by atoms with Crippen molar-refractivity contribution in [2.45, 2.75) is 52.2 Å². The van der Waals surface area contributed by atoms with Crippen LogP contribution in [0.4, 0.5) is 0 Å². The Labute approximate surface area is 139 Å². The van der Waals surface area contributed by atoms with Crippen LogP contribution in [-0.4, -0.2) is 54.0 Å². The van der Waals surface area contributed by atoms with Crippen molar-refractivity contribution in [3.8, 4) is 0 Å². The number of nitrogens with one attached hydrogen (secondary N) is 1. The average molecular weight is 315 g/mol. The van der Waals surface area contributed by atoms with Crippen molar-refractivity contribution in [3.05, 3.63) is 34.9 Å². The normalized spacial score (nSPS) is 21.2. The fraction of sp³-hybridized carbons (Fsp3) is 0.632. The van der Waals surface area contributed by atoms with Gasteiger partial charge >= 0.3 is 0 Å². The van der Waals surface area contributed by atoms with Crippen LogP contribution in [0.5, 0.6) is 0 Å². The van der Waals surface area contributed by atoms with Crippen molar-refractivity contribution in [1.29, 1.82) is 0 Å². The minimum atomic E-state index is -0.00143. The van der Waals surface area contributed by atoms with Crippen molar-refractivity contribution in [2.75, 3.05) is 26.2 Å². The number of carbonyl (C=O) groups excluding carboxylic acids is 1. The molecule has 0 aromatic heterocycles. The first-order valence-electron chi connectivity index (χ1n) is 8.86. The molecule has 1 N–H and O–H groups in total. The summed E-state index contributed by atoms with van der Waals surface area (Å²) in [7, 11) is 0. The van der Waals surface area contributed by atoms with Crippen LogP contribution in [0, 0.1) is 13.8 Å². The zero-order valence-electron chi connectivity index (χ0n) is 14.6. The molecule has 23 heavy (non-hydrogen) atoms. The number of rotatable bonds is 5. The van der Waals surface area contributed by atoms with Gasteiger partial charge in [-0.3, -0.25) is 14.6 Å². The molecule has 3 rings (SSSR count). The van der Waals surface area contributed by atoms with E-state index < -0.39 is 0 Å². The van der Waals surface area contributed by atoms with Crippen LogP contribution in [0.25, 0.3) is 0 Å². The maximum atomic E-state index is 12.2. The lowest BCUT2D eigenvalue weighted by molar-refractivity contribution is -0.126. The number of nitrogens with zero attached hydrogens (tertiary/aromatic N) is 2. The Morgan fingerprint density at radius 2 is 1.91 bits per heavy atom. The Bertz CT molecular complexity index is 560. The summed E-state index contributed by atoms with van der Waals surface area (Å²) in [5.41, 5.74) is 4.13. The van der Waals surface area contributed by atoms with E-state index in [1.807, 2.05) is 6.92 Å². The van der Waals surface area contributed by atoms with Gasteiger partial charge in [0.15, 0.2) is 0 Å². The molecule has 1 aliphatic carbocycles. The van der Waals surface area contributed by atoms with Gasteiger partial charge in [-0.25, -0.2) is 0 Å². The second kappa shape index (κ2) is 7.02. The minimum absolute atomic E-state index is 0.00143. The zero-order chi connectivity index (χ0) is 16.4. The summed E-state index contributed by atoms with van der Waals surface area (Å²) >= 11 is 0. The van der Waals surface area contributed by atoms with E-state index in [1.165, 1.54) is 16.7 Å². The van der Waals surface area contributed by atoms with Gasteiger partial charge < -0.3 is 5.32 Å². The monoisotopic (exact) mass is 315 g/mol. The fourth-order valence-corrected chi connectivity index (χ4v) is 3.24. The third-order valence-corrected chi connectivity index (χ3v) is 5.16. The summed E-state index contributed by atoms with van der Waals surface area (Å²) < 4.78 is 0.